The van der Waals surface area contributed by atoms with E-state index < -0.39 is 6.04 Å². The van der Waals surface area contributed by atoms with Gasteiger partial charge in [0, 0.05) is 43.2 Å². The van der Waals surface area contributed by atoms with Crippen molar-refractivity contribution in [3.05, 3.63) is 66.6 Å². The van der Waals surface area contributed by atoms with Crippen LogP contribution in [0.5, 0.6) is 0 Å². The van der Waals surface area contributed by atoms with Gasteiger partial charge in [0.25, 0.3) is 0 Å². The van der Waals surface area contributed by atoms with E-state index >= 15 is 0 Å². The van der Waals surface area contributed by atoms with Crippen molar-refractivity contribution in [3.63, 3.8) is 0 Å². The van der Waals surface area contributed by atoms with Crippen molar-refractivity contribution < 1.29 is 14.0 Å². The number of benzene rings is 1. The molecule has 1 fully saturated rings. The fraction of sp³-hybridized carbons (Fsp3) is 0.318. The van der Waals surface area contributed by atoms with Crippen LogP contribution in [-0.2, 0) is 16.0 Å². The standard InChI is InChI=1S/C22H24N4O3/c1-16-23-12-14-25(16)18-8-6-17(7-9-18)24-22(28)20-5-2-13-26(20)21(27)11-10-19-4-3-15-29-19/h3-4,6-9,12,14-15,20H,2,5,10-11,13H2,1H3,(H,24,28). The van der Waals surface area contributed by atoms with Crippen molar-refractivity contribution in [3.8, 4) is 5.69 Å². The Kier molecular flexibility index (Phi) is 5.46. The summed E-state index contributed by atoms with van der Waals surface area (Å²) in [7, 11) is 0. The fourth-order valence-electron chi connectivity index (χ4n) is 3.75. The van der Waals surface area contributed by atoms with Gasteiger partial charge in [-0.25, -0.2) is 4.98 Å². The fourth-order valence-corrected chi connectivity index (χ4v) is 3.75. The summed E-state index contributed by atoms with van der Waals surface area (Å²) in [4.78, 5) is 31.3. The molecule has 0 saturated carbocycles. The maximum atomic E-state index is 12.8. The number of furan rings is 1. The minimum atomic E-state index is -0.422. The zero-order valence-electron chi connectivity index (χ0n) is 16.4. The second kappa shape index (κ2) is 8.34. The first-order chi connectivity index (χ1) is 14.1. The van der Waals surface area contributed by atoms with Crippen molar-refractivity contribution >= 4 is 17.5 Å². The third-order valence-corrected chi connectivity index (χ3v) is 5.28. The molecule has 1 aliphatic heterocycles. The van der Waals surface area contributed by atoms with Gasteiger partial charge in [-0.1, -0.05) is 0 Å². The molecule has 0 bridgehead atoms. The Labute approximate surface area is 169 Å². The van der Waals surface area contributed by atoms with Gasteiger partial charge < -0.3 is 19.2 Å². The van der Waals surface area contributed by atoms with Crippen molar-refractivity contribution in [2.75, 3.05) is 11.9 Å². The van der Waals surface area contributed by atoms with Crippen molar-refractivity contribution in [1.82, 2.24) is 14.5 Å². The van der Waals surface area contributed by atoms with Crippen LogP contribution in [0.2, 0.25) is 0 Å². The zero-order chi connectivity index (χ0) is 20.2. The number of carbonyl (C=O) groups excluding carboxylic acids is 2. The highest BCUT2D eigenvalue weighted by molar-refractivity contribution is 5.97. The summed E-state index contributed by atoms with van der Waals surface area (Å²) in [5.41, 5.74) is 1.69. The quantitative estimate of drug-likeness (QED) is 0.698. The lowest BCUT2D eigenvalue weighted by atomic mass is 10.1. The number of anilines is 1. The molecule has 7 heteroatoms. The number of rotatable bonds is 6. The molecular weight excluding hydrogens is 368 g/mol. The Morgan fingerprint density at radius 3 is 2.76 bits per heavy atom. The van der Waals surface area contributed by atoms with Crippen LogP contribution in [0.15, 0.2) is 59.5 Å². The number of nitrogens with zero attached hydrogens (tertiary/aromatic N) is 3. The molecule has 1 aliphatic rings. The van der Waals surface area contributed by atoms with Gasteiger partial charge in [0.15, 0.2) is 0 Å². The van der Waals surface area contributed by atoms with E-state index in [0.717, 1.165) is 23.7 Å². The van der Waals surface area contributed by atoms with Crippen molar-refractivity contribution in [1.29, 1.82) is 0 Å². The SMILES string of the molecule is Cc1nccn1-c1ccc(NC(=O)C2CCCN2C(=O)CCc2ccco2)cc1. The van der Waals surface area contributed by atoms with Crippen LogP contribution in [0.3, 0.4) is 0 Å². The number of imidazole rings is 1. The van der Waals surface area contributed by atoms with Gasteiger partial charge in [-0.2, -0.15) is 0 Å². The lowest BCUT2D eigenvalue weighted by Crippen LogP contribution is -2.43. The number of hydrogen-bond donors (Lipinski definition) is 1. The number of nitrogens with one attached hydrogen (secondary N) is 1. The van der Waals surface area contributed by atoms with E-state index in [1.807, 2.05) is 54.1 Å². The molecule has 0 aliphatic carbocycles. The largest absolute Gasteiger partial charge is 0.469 e. The normalized spacial score (nSPS) is 16.2. The van der Waals surface area contributed by atoms with E-state index in [-0.39, 0.29) is 11.8 Å². The number of aromatic nitrogens is 2. The molecule has 2 amide bonds. The highest BCUT2D eigenvalue weighted by Crippen LogP contribution is 2.22. The topological polar surface area (TPSA) is 80.4 Å². The molecule has 0 radical (unpaired) electrons. The number of hydrogen-bond acceptors (Lipinski definition) is 4. The summed E-state index contributed by atoms with van der Waals surface area (Å²) >= 11 is 0. The molecular formula is C22H24N4O3. The lowest BCUT2D eigenvalue weighted by Gasteiger charge is -2.24. The molecule has 3 heterocycles. The molecule has 1 unspecified atom stereocenters. The van der Waals surface area contributed by atoms with Gasteiger partial charge in [0.05, 0.1) is 6.26 Å². The molecule has 3 aromatic rings. The van der Waals surface area contributed by atoms with E-state index in [1.165, 1.54) is 0 Å². The Morgan fingerprint density at radius 2 is 2.07 bits per heavy atom. The number of likely N-dealkylation sites (tertiary alicyclic amines) is 1. The summed E-state index contributed by atoms with van der Waals surface area (Å²) in [6.07, 6.45) is 7.66. The summed E-state index contributed by atoms with van der Waals surface area (Å²) in [5, 5.41) is 2.95. The molecule has 29 heavy (non-hydrogen) atoms. The average Bonchev–Trinajstić information content (AvgIpc) is 3.48. The van der Waals surface area contributed by atoms with Gasteiger partial charge in [0.2, 0.25) is 11.8 Å². The van der Waals surface area contributed by atoms with Crippen molar-refractivity contribution in [2.45, 2.75) is 38.6 Å². The van der Waals surface area contributed by atoms with Crippen molar-refractivity contribution in [2.24, 2.45) is 0 Å². The second-order valence-electron chi connectivity index (χ2n) is 7.21. The van der Waals surface area contributed by atoms with Crippen LogP contribution in [0.1, 0.15) is 30.8 Å². The molecule has 7 nitrogen and oxygen atoms in total. The van der Waals surface area contributed by atoms with Gasteiger partial charge >= 0.3 is 0 Å². The van der Waals surface area contributed by atoms with Crippen LogP contribution < -0.4 is 5.32 Å². The second-order valence-corrected chi connectivity index (χ2v) is 7.21. The van der Waals surface area contributed by atoms with E-state index in [4.69, 9.17) is 4.42 Å². The highest BCUT2D eigenvalue weighted by atomic mass is 16.3. The molecule has 4 rings (SSSR count). The van der Waals surface area contributed by atoms with E-state index in [0.29, 0.717) is 31.5 Å². The van der Waals surface area contributed by atoms with E-state index in [9.17, 15) is 9.59 Å². The third kappa shape index (κ3) is 4.23. The predicted molar refractivity (Wildman–Crippen MR) is 109 cm³/mol. The molecule has 1 atom stereocenters. The Morgan fingerprint density at radius 1 is 1.24 bits per heavy atom. The van der Waals surface area contributed by atoms with Gasteiger partial charge in [-0.3, -0.25) is 9.59 Å². The first kappa shape index (κ1) is 19.0. The van der Waals surface area contributed by atoms with Crippen LogP contribution in [0, 0.1) is 6.92 Å². The molecule has 150 valence electrons. The number of aryl methyl sites for hydroxylation is 2. The summed E-state index contributed by atoms with van der Waals surface area (Å²) in [6.45, 7) is 2.56. The van der Waals surface area contributed by atoms with Gasteiger partial charge in [-0.15, -0.1) is 0 Å². The summed E-state index contributed by atoms with van der Waals surface area (Å²) in [6, 6.07) is 10.8. The third-order valence-electron chi connectivity index (χ3n) is 5.28. The first-order valence-electron chi connectivity index (χ1n) is 9.85. The minimum absolute atomic E-state index is 0.00928. The predicted octanol–water partition coefficient (Wildman–Crippen LogP) is 3.34. The molecule has 2 aromatic heterocycles. The van der Waals surface area contributed by atoms with Gasteiger partial charge in [-0.05, 0) is 56.2 Å². The van der Waals surface area contributed by atoms with Gasteiger partial charge in [0.1, 0.15) is 17.6 Å². The van der Waals surface area contributed by atoms with Crippen LogP contribution in [0.4, 0.5) is 5.69 Å². The first-order valence-corrected chi connectivity index (χ1v) is 9.85. The number of amides is 2. The summed E-state index contributed by atoms with van der Waals surface area (Å²) in [5.74, 6) is 1.54. The molecule has 1 saturated heterocycles. The average molecular weight is 392 g/mol. The Hall–Kier alpha value is -3.35. The maximum absolute atomic E-state index is 12.8. The highest BCUT2D eigenvalue weighted by Gasteiger charge is 2.33. The van der Waals surface area contributed by atoms with E-state index in [1.54, 1.807) is 17.4 Å². The minimum Gasteiger partial charge on any atom is -0.469 e. The molecule has 0 spiro atoms. The molecule has 1 N–H and O–H groups in total. The van der Waals surface area contributed by atoms with Crippen LogP contribution in [-0.4, -0.2) is 38.9 Å². The van der Waals surface area contributed by atoms with Crippen LogP contribution >= 0.6 is 0 Å². The Bertz CT molecular complexity index is 976. The Balaban J connectivity index is 1.37. The van der Waals surface area contributed by atoms with Crippen LogP contribution in [0.25, 0.3) is 5.69 Å². The summed E-state index contributed by atoms with van der Waals surface area (Å²) < 4.78 is 7.26. The van der Waals surface area contributed by atoms with E-state index in [2.05, 4.69) is 10.3 Å². The zero-order valence-corrected chi connectivity index (χ0v) is 16.4. The number of carbonyl (C=O) groups is 2. The lowest BCUT2D eigenvalue weighted by molar-refractivity contribution is -0.136. The monoisotopic (exact) mass is 392 g/mol. The maximum Gasteiger partial charge on any atom is 0.247 e. The molecule has 1 aromatic carbocycles. The smallest absolute Gasteiger partial charge is 0.247 e.